The fourth-order valence-corrected chi connectivity index (χ4v) is 3.83. The smallest absolute Gasteiger partial charge is 0.227 e. The summed E-state index contributed by atoms with van der Waals surface area (Å²) in [6, 6.07) is 14.2. The van der Waals surface area contributed by atoms with Gasteiger partial charge in [0, 0.05) is 11.6 Å². The molecule has 1 saturated carbocycles. The van der Waals surface area contributed by atoms with Crippen molar-refractivity contribution in [2.75, 3.05) is 12.4 Å². The van der Waals surface area contributed by atoms with Crippen molar-refractivity contribution in [2.24, 2.45) is 11.8 Å². The number of amides is 1. The van der Waals surface area contributed by atoms with Crippen molar-refractivity contribution in [3.8, 4) is 5.75 Å². The van der Waals surface area contributed by atoms with Crippen molar-refractivity contribution in [1.29, 1.82) is 0 Å². The Morgan fingerprint density at radius 3 is 2.23 bits per heavy atom. The Balaban J connectivity index is 1.53. The van der Waals surface area contributed by atoms with E-state index in [9.17, 15) is 9.18 Å². The van der Waals surface area contributed by atoms with E-state index in [1.807, 2.05) is 19.1 Å². The lowest BCUT2D eigenvalue weighted by Crippen LogP contribution is -2.29. The van der Waals surface area contributed by atoms with Gasteiger partial charge in [0.05, 0.1) is 7.11 Å². The minimum atomic E-state index is -0.298. The van der Waals surface area contributed by atoms with E-state index in [1.165, 1.54) is 17.7 Å². The first-order valence-corrected chi connectivity index (χ1v) is 9.27. The number of ether oxygens (including phenoxy) is 1. The van der Waals surface area contributed by atoms with Gasteiger partial charge in [-0.3, -0.25) is 4.79 Å². The summed E-state index contributed by atoms with van der Waals surface area (Å²) in [7, 11) is 1.68. The number of methoxy groups -OCH3 is 1. The number of carbonyl (C=O) groups excluding carboxylic acids is 1. The van der Waals surface area contributed by atoms with Gasteiger partial charge in [-0.15, -0.1) is 0 Å². The van der Waals surface area contributed by atoms with E-state index >= 15 is 0 Å². The van der Waals surface area contributed by atoms with Gasteiger partial charge < -0.3 is 10.1 Å². The third-order valence-corrected chi connectivity index (χ3v) is 5.59. The van der Waals surface area contributed by atoms with Crippen LogP contribution in [-0.2, 0) is 4.79 Å². The Morgan fingerprint density at radius 2 is 1.65 bits per heavy atom. The Morgan fingerprint density at radius 1 is 1.04 bits per heavy atom. The summed E-state index contributed by atoms with van der Waals surface area (Å²) in [5.41, 5.74) is 2.00. The maximum Gasteiger partial charge on any atom is 0.227 e. The molecule has 4 heteroatoms. The second-order valence-electron chi connectivity index (χ2n) is 7.17. The molecule has 0 aliphatic heterocycles. The highest BCUT2D eigenvalue weighted by atomic mass is 19.1. The highest BCUT2D eigenvalue weighted by molar-refractivity contribution is 5.92. The zero-order valence-corrected chi connectivity index (χ0v) is 15.4. The second kappa shape index (κ2) is 8.35. The van der Waals surface area contributed by atoms with Crippen molar-refractivity contribution in [2.45, 2.75) is 38.5 Å². The van der Waals surface area contributed by atoms with Crippen LogP contribution < -0.4 is 10.1 Å². The maximum atomic E-state index is 13.0. The van der Waals surface area contributed by atoms with E-state index in [2.05, 4.69) is 17.4 Å². The van der Waals surface area contributed by atoms with Crippen LogP contribution in [0.15, 0.2) is 48.5 Å². The zero-order chi connectivity index (χ0) is 18.5. The summed E-state index contributed by atoms with van der Waals surface area (Å²) < 4.78 is 18.2. The molecular weight excluding hydrogens is 329 g/mol. The molecule has 2 aromatic rings. The molecule has 0 spiro atoms. The van der Waals surface area contributed by atoms with E-state index < -0.39 is 0 Å². The lowest BCUT2D eigenvalue weighted by molar-refractivity contribution is -0.121. The lowest BCUT2D eigenvalue weighted by atomic mass is 9.74. The summed E-state index contributed by atoms with van der Waals surface area (Å²) in [6.45, 7) is 2.00. The maximum absolute atomic E-state index is 13.0. The van der Waals surface area contributed by atoms with Crippen molar-refractivity contribution < 1.29 is 13.9 Å². The highest BCUT2D eigenvalue weighted by Gasteiger charge is 2.29. The molecule has 26 heavy (non-hydrogen) atoms. The van der Waals surface area contributed by atoms with Crippen molar-refractivity contribution in [3.63, 3.8) is 0 Å². The normalized spacial score (nSPS) is 21.0. The molecule has 1 N–H and O–H groups in total. The van der Waals surface area contributed by atoms with Crippen molar-refractivity contribution in [1.82, 2.24) is 0 Å². The van der Waals surface area contributed by atoms with Crippen LogP contribution in [0.1, 0.15) is 44.1 Å². The summed E-state index contributed by atoms with van der Waals surface area (Å²) in [6.07, 6.45) is 4.31. The molecule has 0 aromatic heterocycles. The molecule has 1 fully saturated rings. The van der Waals surface area contributed by atoms with Gasteiger partial charge in [-0.1, -0.05) is 19.1 Å². The molecule has 1 aliphatic rings. The van der Waals surface area contributed by atoms with Crippen molar-refractivity contribution >= 4 is 11.6 Å². The minimum absolute atomic E-state index is 0.0181. The molecule has 0 heterocycles. The van der Waals surface area contributed by atoms with Gasteiger partial charge >= 0.3 is 0 Å². The third-order valence-electron chi connectivity index (χ3n) is 5.59. The van der Waals surface area contributed by atoms with Crippen LogP contribution in [0.4, 0.5) is 10.1 Å². The number of hydrogen-bond acceptors (Lipinski definition) is 2. The first kappa shape index (κ1) is 18.4. The minimum Gasteiger partial charge on any atom is -0.497 e. The predicted octanol–water partition coefficient (Wildman–Crippen LogP) is 5.38. The van der Waals surface area contributed by atoms with Gasteiger partial charge in [0.25, 0.3) is 0 Å². The van der Waals surface area contributed by atoms with Crippen LogP contribution in [0.2, 0.25) is 0 Å². The largest absolute Gasteiger partial charge is 0.497 e. The second-order valence-corrected chi connectivity index (χ2v) is 7.17. The summed E-state index contributed by atoms with van der Waals surface area (Å²) >= 11 is 0. The third kappa shape index (κ3) is 4.43. The Kier molecular flexibility index (Phi) is 5.92. The molecular formula is C22H26FNO2. The number of nitrogens with one attached hydrogen (secondary N) is 1. The number of carbonyl (C=O) groups is 1. The first-order chi connectivity index (χ1) is 12.6. The van der Waals surface area contributed by atoms with E-state index in [-0.39, 0.29) is 17.6 Å². The van der Waals surface area contributed by atoms with E-state index in [1.54, 1.807) is 19.2 Å². The molecule has 0 saturated heterocycles. The van der Waals surface area contributed by atoms with Gasteiger partial charge in [0.15, 0.2) is 0 Å². The molecule has 1 amide bonds. The fraction of sp³-hybridized carbons (Fsp3) is 0.409. The fourth-order valence-electron chi connectivity index (χ4n) is 3.83. The van der Waals surface area contributed by atoms with Crippen LogP contribution in [-0.4, -0.2) is 13.0 Å². The molecule has 1 unspecified atom stereocenters. The van der Waals surface area contributed by atoms with Crippen LogP contribution >= 0.6 is 0 Å². The Bertz CT molecular complexity index is 719. The first-order valence-electron chi connectivity index (χ1n) is 9.27. The molecule has 3 nitrogen and oxygen atoms in total. The predicted molar refractivity (Wildman–Crippen MR) is 102 cm³/mol. The number of hydrogen-bond donors (Lipinski definition) is 1. The molecule has 1 aliphatic carbocycles. The Hall–Kier alpha value is -2.36. The van der Waals surface area contributed by atoms with Crippen LogP contribution in [0.3, 0.4) is 0 Å². The highest BCUT2D eigenvalue weighted by Crippen LogP contribution is 2.39. The zero-order valence-electron chi connectivity index (χ0n) is 15.4. The van der Waals surface area contributed by atoms with Gasteiger partial charge in [0.1, 0.15) is 11.6 Å². The van der Waals surface area contributed by atoms with E-state index in [0.717, 1.165) is 31.4 Å². The van der Waals surface area contributed by atoms with E-state index in [4.69, 9.17) is 4.74 Å². The number of benzene rings is 2. The number of rotatable bonds is 5. The van der Waals surface area contributed by atoms with Gasteiger partial charge in [-0.2, -0.15) is 0 Å². The monoisotopic (exact) mass is 355 g/mol. The molecule has 2 aromatic carbocycles. The van der Waals surface area contributed by atoms with E-state index in [0.29, 0.717) is 17.5 Å². The summed E-state index contributed by atoms with van der Waals surface area (Å²) in [4.78, 5) is 12.5. The number of halogens is 1. The quantitative estimate of drug-likeness (QED) is 0.782. The molecule has 138 valence electrons. The standard InChI is InChI=1S/C22H26FNO2/c1-15(22(25)24-20-11-9-19(23)10-12-20)16-3-5-17(6-4-16)18-7-13-21(26-2)14-8-18/h7-17H,3-6H2,1-2H3,(H,24,25)/t15?,16-,17+. The SMILES string of the molecule is COc1ccc([C@H]2CC[C@@H](C(C)C(=O)Nc3ccc(F)cc3)CC2)cc1. The summed E-state index contributed by atoms with van der Waals surface area (Å²) in [5, 5.41) is 2.90. The van der Waals surface area contributed by atoms with Gasteiger partial charge in [-0.25, -0.2) is 4.39 Å². The average Bonchev–Trinajstić information content (AvgIpc) is 2.69. The Labute approximate surface area is 154 Å². The van der Waals surface area contributed by atoms with Crippen molar-refractivity contribution in [3.05, 3.63) is 59.9 Å². The lowest BCUT2D eigenvalue weighted by Gasteiger charge is -2.32. The topological polar surface area (TPSA) is 38.3 Å². The van der Waals surface area contributed by atoms with Gasteiger partial charge in [0.2, 0.25) is 5.91 Å². The van der Waals surface area contributed by atoms with Crippen LogP contribution in [0.25, 0.3) is 0 Å². The molecule has 1 atom stereocenters. The molecule has 3 rings (SSSR count). The van der Waals surface area contributed by atoms with Gasteiger partial charge in [-0.05, 0) is 79.5 Å². The number of anilines is 1. The molecule has 0 bridgehead atoms. The van der Waals surface area contributed by atoms with Crippen LogP contribution in [0.5, 0.6) is 5.75 Å². The van der Waals surface area contributed by atoms with Crippen LogP contribution in [0, 0.1) is 17.7 Å². The summed E-state index contributed by atoms with van der Waals surface area (Å²) in [5.74, 6) is 1.51. The molecule has 0 radical (unpaired) electrons. The average molecular weight is 355 g/mol.